The Morgan fingerprint density at radius 3 is 2.60 bits per heavy atom. The molecule has 0 radical (unpaired) electrons. The van der Waals surface area contributed by atoms with Gasteiger partial charge in [0, 0.05) is 16.3 Å². The number of ether oxygens (including phenoxy) is 1. The fourth-order valence-electron chi connectivity index (χ4n) is 2.06. The first-order valence-electron chi connectivity index (χ1n) is 7.89. The Hall–Kier alpha value is -2.34. The highest BCUT2D eigenvalue weighted by atomic mass is 32.2. The van der Waals surface area contributed by atoms with Crippen molar-refractivity contribution >= 4 is 29.3 Å². The molecular weight excluding hydrogens is 341 g/mol. The van der Waals surface area contributed by atoms with E-state index in [-0.39, 0.29) is 18.1 Å². The first-order valence-corrected chi connectivity index (χ1v) is 8.88. The van der Waals surface area contributed by atoms with Crippen LogP contribution in [0.15, 0.2) is 53.4 Å². The Balaban J connectivity index is 1.73. The van der Waals surface area contributed by atoms with Gasteiger partial charge >= 0.3 is 5.97 Å². The Morgan fingerprint density at radius 2 is 1.92 bits per heavy atom. The Bertz CT molecular complexity index is 734. The van der Waals surface area contributed by atoms with E-state index in [0.717, 1.165) is 10.5 Å². The zero-order valence-electron chi connectivity index (χ0n) is 14.1. The number of hydrogen-bond acceptors (Lipinski definition) is 4. The molecule has 25 heavy (non-hydrogen) atoms. The zero-order chi connectivity index (χ0) is 18.2. The van der Waals surface area contributed by atoms with Gasteiger partial charge in [-0.3, -0.25) is 9.59 Å². The molecule has 1 N–H and O–H groups in total. The summed E-state index contributed by atoms with van der Waals surface area (Å²) in [6, 6.07) is 13.4. The maximum atomic E-state index is 12.8. The van der Waals surface area contributed by atoms with Crippen molar-refractivity contribution in [1.29, 1.82) is 0 Å². The quantitative estimate of drug-likeness (QED) is 0.594. The van der Waals surface area contributed by atoms with Gasteiger partial charge in [-0.15, -0.1) is 11.8 Å². The van der Waals surface area contributed by atoms with Gasteiger partial charge in [-0.25, -0.2) is 4.39 Å². The molecule has 0 aliphatic heterocycles. The molecule has 0 saturated heterocycles. The van der Waals surface area contributed by atoms with E-state index in [1.165, 1.54) is 30.8 Å². The van der Waals surface area contributed by atoms with Gasteiger partial charge in [-0.05, 0) is 55.8 Å². The number of carbonyl (C=O) groups excluding carboxylic acids is 2. The summed E-state index contributed by atoms with van der Waals surface area (Å²) < 4.78 is 18.0. The van der Waals surface area contributed by atoms with Gasteiger partial charge in [0.1, 0.15) is 5.82 Å². The van der Waals surface area contributed by atoms with Crippen LogP contribution >= 0.6 is 11.8 Å². The highest BCUT2D eigenvalue weighted by Gasteiger charge is 2.17. The minimum Gasteiger partial charge on any atom is -0.453 e. The third-order valence-electron chi connectivity index (χ3n) is 3.35. The van der Waals surface area contributed by atoms with Crippen LogP contribution in [0.2, 0.25) is 0 Å². The predicted molar refractivity (Wildman–Crippen MR) is 97.1 cm³/mol. The summed E-state index contributed by atoms with van der Waals surface area (Å²) >= 11 is 1.43. The largest absolute Gasteiger partial charge is 0.453 e. The number of benzene rings is 2. The molecule has 0 aliphatic rings. The monoisotopic (exact) mass is 361 g/mol. The zero-order valence-corrected chi connectivity index (χ0v) is 14.9. The lowest BCUT2D eigenvalue weighted by molar-refractivity contribution is -0.152. The van der Waals surface area contributed by atoms with Gasteiger partial charge in [-0.2, -0.15) is 0 Å². The molecule has 0 aliphatic carbocycles. The van der Waals surface area contributed by atoms with E-state index >= 15 is 0 Å². The average Bonchev–Trinajstić information content (AvgIpc) is 2.56. The SMILES string of the molecule is Cc1cccc(NC(=O)[C@@H](C)OC(=O)CCSc2ccc(F)cc2)c1. The molecule has 0 spiro atoms. The number of esters is 1. The number of amides is 1. The third kappa shape index (κ3) is 6.58. The molecule has 2 aromatic rings. The summed E-state index contributed by atoms with van der Waals surface area (Å²) in [4.78, 5) is 24.8. The number of carbonyl (C=O) groups is 2. The van der Waals surface area contributed by atoms with Gasteiger partial charge in [0.05, 0.1) is 6.42 Å². The molecule has 6 heteroatoms. The first-order chi connectivity index (χ1) is 11.9. The number of halogens is 1. The number of nitrogens with one attached hydrogen (secondary N) is 1. The first kappa shape index (κ1) is 19.0. The average molecular weight is 361 g/mol. The minimum absolute atomic E-state index is 0.171. The molecule has 0 bridgehead atoms. The van der Waals surface area contributed by atoms with E-state index in [1.807, 2.05) is 25.1 Å². The second-order valence-corrected chi connectivity index (χ2v) is 6.71. The predicted octanol–water partition coefficient (Wildman–Crippen LogP) is 4.19. The molecule has 2 aromatic carbocycles. The molecule has 4 nitrogen and oxygen atoms in total. The van der Waals surface area contributed by atoms with Crippen molar-refractivity contribution in [2.75, 3.05) is 11.1 Å². The molecule has 0 aromatic heterocycles. The van der Waals surface area contributed by atoms with Crippen LogP contribution in [0.25, 0.3) is 0 Å². The molecule has 0 fully saturated rings. The van der Waals surface area contributed by atoms with Crippen molar-refractivity contribution in [2.24, 2.45) is 0 Å². The highest BCUT2D eigenvalue weighted by Crippen LogP contribution is 2.19. The number of aryl methyl sites for hydroxylation is 1. The molecule has 132 valence electrons. The molecule has 1 amide bonds. The summed E-state index contributed by atoms with van der Waals surface area (Å²) in [5, 5.41) is 2.72. The van der Waals surface area contributed by atoms with Gasteiger partial charge < -0.3 is 10.1 Å². The Labute approximate surface area is 150 Å². The van der Waals surface area contributed by atoms with E-state index in [9.17, 15) is 14.0 Å². The van der Waals surface area contributed by atoms with Crippen LogP contribution in [0.3, 0.4) is 0 Å². The van der Waals surface area contributed by atoms with Crippen molar-refractivity contribution < 1.29 is 18.7 Å². The van der Waals surface area contributed by atoms with Crippen molar-refractivity contribution in [3.8, 4) is 0 Å². The van der Waals surface area contributed by atoms with Gasteiger partial charge in [-0.1, -0.05) is 12.1 Å². The minimum atomic E-state index is -0.871. The van der Waals surface area contributed by atoms with Gasteiger partial charge in [0.2, 0.25) is 0 Å². The maximum absolute atomic E-state index is 12.8. The summed E-state index contributed by atoms with van der Waals surface area (Å²) in [6.45, 7) is 3.47. The third-order valence-corrected chi connectivity index (χ3v) is 4.37. The van der Waals surface area contributed by atoms with Crippen LogP contribution in [-0.2, 0) is 14.3 Å². The smallest absolute Gasteiger partial charge is 0.307 e. The van der Waals surface area contributed by atoms with Crippen molar-refractivity contribution in [3.05, 3.63) is 59.9 Å². The van der Waals surface area contributed by atoms with Crippen LogP contribution < -0.4 is 5.32 Å². The molecule has 0 saturated carbocycles. The molecule has 0 heterocycles. The summed E-state index contributed by atoms with van der Waals surface area (Å²) in [5.74, 6) is -0.611. The van der Waals surface area contributed by atoms with E-state index in [1.54, 1.807) is 18.2 Å². The lowest BCUT2D eigenvalue weighted by atomic mass is 10.2. The molecule has 0 unspecified atom stereocenters. The second kappa shape index (κ2) is 9.22. The standard InChI is InChI=1S/C19H20FNO3S/c1-13-4-3-5-16(12-13)21-19(23)14(2)24-18(22)10-11-25-17-8-6-15(20)7-9-17/h3-9,12,14H,10-11H2,1-2H3,(H,21,23)/t14-/m1/s1. The Kier molecular flexibility index (Phi) is 7.01. The van der Waals surface area contributed by atoms with E-state index < -0.39 is 12.1 Å². The summed E-state index contributed by atoms with van der Waals surface area (Å²) in [6.07, 6.45) is -0.701. The van der Waals surface area contributed by atoms with Crippen LogP contribution in [0.4, 0.5) is 10.1 Å². The summed E-state index contributed by atoms with van der Waals surface area (Å²) in [5.41, 5.74) is 1.69. The Morgan fingerprint density at radius 1 is 1.20 bits per heavy atom. The van der Waals surface area contributed by atoms with Crippen molar-refractivity contribution in [3.63, 3.8) is 0 Å². The van der Waals surface area contributed by atoms with Crippen LogP contribution in [0.5, 0.6) is 0 Å². The molecule has 2 rings (SSSR count). The second-order valence-electron chi connectivity index (χ2n) is 5.54. The van der Waals surface area contributed by atoms with Crippen LogP contribution in [0, 0.1) is 12.7 Å². The van der Waals surface area contributed by atoms with E-state index in [2.05, 4.69) is 5.32 Å². The number of rotatable bonds is 7. The fraction of sp³-hybridized carbons (Fsp3) is 0.263. The summed E-state index contributed by atoms with van der Waals surface area (Å²) in [7, 11) is 0. The van der Waals surface area contributed by atoms with Gasteiger partial charge in [0.15, 0.2) is 6.10 Å². The topological polar surface area (TPSA) is 55.4 Å². The van der Waals surface area contributed by atoms with Crippen molar-refractivity contribution in [2.45, 2.75) is 31.3 Å². The number of anilines is 1. The maximum Gasteiger partial charge on any atom is 0.307 e. The number of thioether (sulfide) groups is 1. The van der Waals surface area contributed by atoms with Gasteiger partial charge in [0.25, 0.3) is 5.91 Å². The van der Waals surface area contributed by atoms with Crippen molar-refractivity contribution in [1.82, 2.24) is 0 Å². The fourth-order valence-corrected chi connectivity index (χ4v) is 2.89. The lowest BCUT2D eigenvalue weighted by Gasteiger charge is -2.13. The number of hydrogen-bond donors (Lipinski definition) is 1. The molecular formula is C19H20FNO3S. The van der Waals surface area contributed by atoms with E-state index in [4.69, 9.17) is 4.74 Å². The van der Waals surface area contributed by atoms with E-state index in [0.29, 0.717) is 11.4 Å². The molecule has 1 atom stereocenters. The van der Waals surface area contributed by atoms with Crippen LogP contribution in [-0.4, -0.2) is 23.7 Å². The highest BCUT2D eigenvalue weighted by molar-refractivity contribution is 7.99. The lowest BCUT2D eigenvalue weighted by Crippen LogP contribution is -2.30. The normalized spacial score (nSPS) is 11.6. The van der Waals surface area contributed by atoms with Crippen LogP contribution in [0.1, 0.15) is 18.9 Å².